The largest absolute Gasteiger partial charge is 0.458 e. The van der Waals surface area contributed by atoms with Crippen LogP contribution in [0.25, 0.3) is 6.08 Å². The predicted molar refractivity (Wildman–Crippen MR) is 108 cm³/mol. The first-order valence-corrected chi connectivity index (χ1v) is 9.17. The van der Waals surface area contributed by atoms with Gasteiger partial charge in [-0.15, -0.1) is 0 Å². The number of hydrogen-bond donors (Lipinski definition) is 0. The van der Waals surface area contributed by atoms with Crippen LogP contribution in [0.15, 0.2) is 46.9 Å². The molecule has 0 aromatic heterocycles. The predicted octanol–water partition coefficient (Wildman–Crippen LogP) is 6.12. The van der Waals surface area contributed by atoms with E-state index in [9.17, 15) is 4.79 Å². The number of ether oxygens (including phenoxy) is 1. The van der Waals surface area contributed by atoms with E-state index in [1.54, 1.807) is 6.08 Å². The van der Waals surface area contributed by atoms with Gasteiger partial charge in [0.15, 0.2) is 0 Å². The number of carbonyl (C=O) groups excluding carboxylic acids is 1. The van der Waals surface area contributed by atoms with Crippen LogP contribution < -0.4 is 0 Å². The maximum Gasteiger partial charge on any atom is 0.331 e. The molecule has 0 fully saturated rings. The Morgan fingerprint density at radius 3 is 2.32 bits per heavy atom. The molecule has 25 heavy (non-hydrogen) atoms. The molecule has 0 saturated carbocycles. The lowest BCUT2D eigenvalue weighted by molar-refractivity contribution is -0.138. The zero-order valence-electron chi connectivity index (χ0n) is 15.5. The molecule has 0 aliphatic rings. The Morgan fingerprint density at radius 2 is 1.76 bits per heavy atom. The SMILES string of the molecule is Cc1cc(C(C)(C)C)cc(C)c1COC(=O)C=Cc1cccc(Br)c1. The molecule has 2 aromatic rings. The summed E-state index contributed by atoms with van der Waals surface area (Å²) in [5, 5.41) is 0. The van der Waals surface area contributed by atoms with Gasteiger partial charge in [-0.05, 0) is 65.3 Å². The quantitative estimate of drug-likeness (QED) is 0.456. The number of carbonyl (C=O) groups is 1. The second-order valence-electron chi connectivity index (χ2n) is 7.33. The van der Waals surface area contributed by atoms with E-state index < -0.39 is 0 Å². The van der Waals surface area contributed by atoms with Gasteiger partial charge in [0.25, 0.3) is 0 Å². The molecular formula is C22H25BrO2. The van der Waals surface area contributed by atoms with Gasteiger partial charge in [-0.25, -0.2) is 4.79 Å². The van der Waals surface area contributed by atoms with Gasteiger partial charge >= 0.3 is 5.97 Å². The van der Waals surface area contributed by atoms with Crippen molar-refractivity contribution in [3.63, 3.8) is 0 Å². The van der Waals surface area contributed by atoms with Gasteiger partial charge < -0.3 is 4.74 Å². The van der Waals surface area contributed by atoms with Gasteiger partial charge in [0.1, 0.15) is 6.61 Å². The maximum atomic E-state index is 12.0. The van der Waals surface area contributed by atoms with Gasteiger partial charge in [0, 0.05) is 10.5 Å². The summed E-state index contributed by atoms with van der Waals surface area (Å²) in [5.74, 6) is -0.335. The zero-order chi connectivity index (χ0) is 18.6. The maximum absolute atomic E-state index is 12.0. The number of rotatable bonds is 4. The fraction of sp³-hybridized carbons (Fsp3) is 0.318. The molecule has 0 bridgehead atoms. The van der Waals surface area contributed by atoms with Crippen LogP contribution in [0.2, 0.25) is 0 Å². The molecule has 0 N–H and O–H groups in total. The Morgan fingerprint density at radius 1 is 1.12 bits per heavy atom. The first-order valence-electron chi connectivity index (χ1n) is 8.38. The van der Waals surface area contributed by atoms with Crippen molar-refractivity contribution in [2.45, 2.75) is 46.6 Å². The van der Waals surface area contributed by atoms with Crippen LogP contribution in [-0.2, 0) is 21.6 Å². The molecule has 0 amide bonds. The van der Waals surface area contributed by atoms with Crippen LogP contribution in [0.5, 0.6) is 0 Å². The second kappa shape index (κ2) is 8.01. The summed E-state index contributed by atoms with van der Waals surface area (Å²) in [7, 11) is 0. The van der Waals surface area contributed by atoms with Crippen molar-refractivity contribution in [1.82, 2.24) is 0 Å². The van der Waals surface area contributed by atoms with Crippen molar-refractivity contribution in [1.29, 1.82) is 0 Å². The van der Waals surface area contributed by atoms with Crippen LogP contribution in [0.1, 0.15) is 48.6 Å². The third-order valence-electron chi connectivity index (χ3n) is 4.18. The van der Waals surface area contributed by atoms with Crippen molar-refractivity contribution in [2.75, 3.05) is 0 Å². The summed E-state index contributed by atoms with van der Waals surface area (Å²) in [5.41, 5.74) is 5.76. The highest BCUT2D eigenvalue weighted by Gasteiger charge is 2.16. The fourth-order valence-electron chi connectivity index (χ4n) is 2.62. The number of hydrogen-bond acceptors (Lipinski definition) is 2. The summed E-state index contributed by atoms with van der Waals surface area (Å²) in [4.78, 5) is 12.0. The van der Waals surface area contributed by atoms with Crippen LogP contribution in [-0.4, -0.2) is 5.97 Å². The molecule has 2 aromatic carbocycles. The van der Waals surface area contributed by atoms with E-state index in [4.69, 9.17) is 4.74 Å². The van der Waals surface area contributed by atoms with Crippen LogP contribution >= 0.6 is 15.9 Å². The number of halogens is 1. The minimum absolute atomic E-state index is 0.109. The van der Waals surface area contributed by atoms with E-state index >= 15 is 0 Å². The first kappa shape index (κ1) is 19.5. The molecule has 3 heteroatoms. The minimum atomic E-state index is -0.335. The van der Waals surface area contributed by atoms with Crippen molar-refractivity contribution >= 4 is 28.0 Å². The average molecular weight is 401 g/mol. The van der Waals surface area contributed by atoms with Gasteiger partial charge in [0.05, 0.1) is 0 Å². The standard InChI is InChI=1S/C22H25BrO2/c1-15-11-18(22(3,4)5)12-16(2)20(15)14-25-21(24)10-9-17-7-6-8-19(23)13-17/h6-13H,14H2,1-5H3. The summed E-state index contributed by atoms with van der Waals surface area (Å²) >= 11 is 3.42. The van der Waals surface area contributed by atoms with Gasteiger partial charge in [-0.2, -0.15) is 0 Å². The normalized spacial score (nSPS) is 11.8. The third kappa shape index (κ3) is 5.57. The summed E-state index contributed by atoms with van der Waals surface area (Å²) in [6.07, 6.45) is 3.23. The molecule has 2 nitrogen and oxygen atoms in total. The zero-order valence-corrected chi connectivity index (χ0v) is 17.1. The Bertz CT molecular complexity index is 775. The summed E-state index contributed by atoms with van der Waals surface area (Å²) < 4.78 is 6.41. The monoisotopic (exact) mass is 400 g/mol. The summed E-state index contributed by atoms with van der Waals surface area (Å²) in [6, 6.07) is 12.1. The molecule has 0 unspecified atom stereocenters. The lowest BCUT2D eigenvalue weighted by Crippen LogP contribution is -2.13. The van der Waals surface area contributed by atoms with Crippen molar-refractivity contribution in [2.24, 2.45) is 0 Å². The van der Waals surface area contributed by atoms with E-state index in [0.29, 0.717) is 6.61 Å². The Hall–Kier alpha value is -1.87. The highest BCUT2D eigenvalue weighted by atomic mass is 79.9. The second-order valence-corrected chi connectivity index (χ2v) is 8.25. The topological polar surface area (TPSA) is 26.3 Å². The van der Waals surface area contributed by atoms with Gasteiger partial charge in [-0.1, -0.05) is 61.0 Å². The van der Waals surface area contributed by atoms with Crippen LogP contribution in [0.3, 0.4) is 0 Å². The Kier molecular flexibility index (Phi) is 6.23. The molecule has 2 rings (SSSR count). The van der Waals surface area contributed by atoms with E-state index in [-0.39, 0.29) is 11.4 Å². The van der Waals surface area contributed by atoms with E-state index in [1.807, 2.05) is 24.3 Å². The van der Waals surface area contributed by atoms with Crippen LogP contribution in [0.4, 0.5) is 0 Å². The van der Waals surface area contributed by atoms with E-state index in [2.05, 4.69) is 62.7 Å². The van der Waals surface area contributed by atoms with Gasteiger partial charge in [0.2, 0.25) is 0 Å². The average Bonchev–Trinajstić information content (AvgIpc) is 2.51. The Balaban J connectivity index is 2.05. The number of esters is 1. The van der Waals surface area contributed by atoms with Gasteiger partial charge in [-0.3, -0.25) is 0 Å². The van der Waals surface area contributed by atoms with Crippen LogP contribution in [0, 0.1) is 13.8 Å². The molecule has 0 aliphatic carbocycles. The molecule has 0 saturated heterocycles. The number of aryl methyl sites for hydroxylation is 2. The van der Waals surface area contributed by atoms with Crippen molar-refractivity contribution in [3.8, 4) is 0 Å². The first-order chi connectivity index (χ1) is 11.7. The van der Waals surface area contributed by atoms with Crippen molar-refractivity contribution in [3.05, 3.63) is 74.8 Å². The molecule has 0 spiro atoms. The number of benzene rings is 2. The molecule has 0 radical (unpaired) electrons. The molecule has 0 heterocycles. The molecule has 0 aliphatic heterocycles. The Labute approximate surface area is 159 Å². The fourth-order valence-corrected chi connectivity index (χ4v) is 3.04. The highest BCUT2D eigenvalue weighted by molar-refractivity contribution is 9.10. The summed E-state index contributed by atoms with van der Waals surface area (Å²) in [6.45, 7) is 11.0. The molecular weight excluding hydrogens is 376 g/mol. The van der Waals surface area contributed by atoms with E-state index in [1.165, 1.54) is 11.6 Å². The molecule has 0 atom stereocenters. The lowest BCUT2D eigenvalue weighted by atomic mass is 9.84. The lowest BCUT2D eigenvalue weighted by Gasteiger charge is -2.22. The smallest absolute Gasteiger partial charge is 0.331 e. The highest BCUT2D eigenvalue weighted by Crippen LogP contribution is 2.27. The third-order valence-corrected chi connectivity index (χ3v) is 4.67. The van der Waals surface area contributed by atoms with Crippen molar-refractivity contribution < 1.29 is 9.53 Å². The molecule has 132 valence electrons. The minimum Gasteiger partial charge on any atom is -0.458 e. The van der Waals surface area contributed by atoms with E-state index in [0.717, 1.165) is 26.7 Å².